The highest BCUT2D eigenvalue weighted by Crippen LogP contribution is 2.37. The molecular weight excluding hydrogens is 647 g/mol. The highest BCUT2D eigenvalue weighted by atomic mass is 15.2. The first kappa shape index (κ1) is 41.6. The third-order valence-corrected chi connectivity index (χ3v) is 10.3. The molecule has 0 aromatic heterocycles. The number of nitrogens with one attached hydrogen (secondary N) is 1. The Morgan fingerprint density at radius 1 is 0.302 bits per heavy atom. The lowest BCUT2D eigenvalue weighted by Crippen LogP contribution is -2.25. The van der Waals surface area contributed by atoms with Gasteiger partial charge in [0.25, 0.3) is 0 Å². The number of unbranched alkanes of at least 4 members (excludes halogenated alkanes) is 6. The summed E-state index contributed by atoms with van der Waals surface area (Å²) in [7, 11) is 0. The van der Waals surface area contributed by atoms with E-state index in [1.807, 2.05) is 0 Å². The van der Waals surface area contributed by atoms with Crippen molar-refractivity contribution in [2.24, 2.45) is 0 Å². The number of hydrogen-bond acceptors (Lipinski definition) is 5. The second kappa shape index (κ2) is 23.5. The fraction of sp³-hybridized carbons (Fsp3) is 0.500. The van der Waals surface area contributed by atoms with E-state index in [4.69, 9.17) is 0 Å². The van der Waals surface area contributed by atoms with Gasteiger partial charge >= 0.3 is 0 Å². The van der Waals surface area contributed by atoms with Gasteiger partial charge in [-0.15, -0.1) is 0 Å². The molecule has 4 aromatic carbocycles. The van der Waals surface area contributed by atoms with Crippen LogP contribution in [0.1, 0.15) is 119 Å². The second-order valence-corrected chi connectivity index (χ2v) is 14.7. The van der Waals surface area contributed by atoms with Gasteiger partial charge in [0.1, 0.15) is 0 Å². The van der Waals surface area contributed by atoms with Gasteiger partial charge in [0.2, 0.25) is 0 Å². The van der Waals surface area contributed by atoms with Crippen molar-refractivity contribution in [3.63, 3.8) is 0 Å². The van der Waals surface area contributed by atoms with Crippen LogP contribution in [0.4, 0.5) is 45.5 Å². The maximum atomic E-state index is 3.66. The molecule has 0 atom stereocenters. The molecule has 0 saturated carbocycles. The van der Waals surface area contributed by atoms with Gasteiger partial charge in [-0.1, -0.05) is 80.1 Å². The first-order chi connectivity index (χ1) is 26.0. The lowest BCUT2D eigenvalue weighted by Gasteiger charge is -2.29. The Kier molecular flexibility index (Phi) is 18.5. The Hall–Kier alpha value is -4.12. The van der Waals surface area contributed by atoms with Crippen molar-refractivity contribution >= 4 is 45.5 Å². The number of rotatable bonds is 26. The zero-order valence-corrected chi connectivity index (χ0v) is 34.3. The molecule has 0 aliphatic heterocycles. The molecule has 1 N–H and O–H groups in total. The molecule has 288 valence electrons. The van der Waals surface area contributed by atoms with E-state index >= 15 is 0 Å². The van der Waals surface area contributed by atoms with Crippen LogP contribution in [-0.2, 0) is 0 Å². The average Bonchev–Trinajstić information content (AvgIpc) is 3.20. The average molecular weight is 718 g/mol. The van der Waals surface area contributed by atoms with Crippen molar-refractivity contribution in [1.29, 1.82) is 0 Å². The van der Waals surface area contributed by atoms with Crippen molar-refractivity contribution in [1.82, 2.24) is 0 Å². The SMILES string of the molecule is CCCCN(CCCC)c1ccc(Nc2ccc(N(c3ccc(N(CCCC)CCCC)cc3)c3ccc(N(CCCC)CCCC)cc3)cc2)cc1. The largest absolute Gasteiger partial charge is 0.372 e. The van der Waals surface area contributed by atoms with E-state index in [1.54, 1.807) is 0 Å². The fourth-order valence-corrected chi connectivity index (χ4v) is 6.89. The summed E-state index contributed by atoms with van der Waals surface area (Å²) in [5.41, 5.74) is 9.65. The molecule has 0 aliphatic carbocycles. The van der Waals surface area contributed by atoms with Crippen LogP contribution in [-0.4, -0.2) is 39.3 Å². The van der Waals surface area contributed by atoms with E-state index < -0.39 is 0 Å². The molecule has 0 saturated heterocycles. The molecule has 0 bridgehead atoms. The van der Waals surface area contributed by atoms with E-state index in [0.717, 1.165) is 56.3 Å². The van der Waals surface area contributed by atoms with Crippen LogP contribution >= 0.6 is 0 Å². The molecule has 0 amide bonds. The van der Waals surface area contributed by atoms with E-state index in [-0.39, 0.29) is 0 Å². The normalized spacial score (nSPS) is 11.1. The lowest BCUT2D eigenvalue weighted by molar-refractivity contribution is 0.678. The smallest absolute Gasteiger partial charge is 0.0463 e. The molecule has 0 fully saturated rings. The summed E-state index contributed by atoms with van der Waals surface area (Å²) < 4.78 is 0. The summed E-state index contributed by atoms with van der Waals surface area (Å²) in [4.78, 5) is 10.1. The molecule has 53 heavy (non-hydrogen) atoms. The van der Waals surface area contributed by atoms with Gasteiger partial charge < -0.3 is 24.9 Å². The van der Waals surface area contributed by atoms with E-state index in [9.17, 15) is 0 Å². The Balaban J connectivity index is 1.60. The van der Waals surface area contributed by atoms with Crippen LogP contribution in [0.25, 0.3) is 0 Å². The highest BCUT2D eigenvalue weighted by molar-refractivity contribution is 5.79. The summed E-state index contributed by atoms with van der Waals surface area (Å²) in [6.45, 7) is 20.4. The van der Waals surface area contributed by atoms with Crippen molar-refractivity contribution in [2.45, 2.75) is 119 Å². The van der Waals surface area contributed by atoms with E-state index in [2.05, 4.69) is 164 Å². The molecule has 0 spiro atoms. The molecule has 0 aliphatic rings. The maximum Gasteiger partial charge on any atom is 0.0463 e. The number of benzene rings is 4. The van der Waals surface area contributed by atoms with Crippen LogP contribution < -0.4 is 24.9 Å². The van der Waals surface area contributed by atoms with Gasteiger partial charge in [-0.05, 0) is 136 Å². The number of hydrogen-bond donors (Lipinski definition) is 1. The van der Waals surface area contributed by atoms with Crippen LogP contribution in [0.3, 0.4) is 0 Å². The molecule has 0 heterocycles. The first-order valence-corrected chi connectivity index (χ1v) is 21.3. The minimum Gasteiger partial charge on any atom is -0.372 e. The molecule has 5 heteroatoms. The topological polar surface area (TPSA) is 25.0 Å². The molecule has 0 unspecified atom stereocenters. The van der Waals surface area contributed by atoms with Gasteiger partial charge in [0.05, 0.1) is 0 Å². The standard InChI is InChI=1S/C48H71N5/c1-7-13-35-50(36-14-8-2)43-23-19-41(20-24-43)49-42-21-25-46(26-22-42)53(47-31-27-44(28-32-47)51(37-15-9-3)38-16-10-4)48-33-29-45(30-34-48)52(39-17-11-5)40-18-12-6/h19-34,49H,7-18,35-40H2,1-6H3. The Labute approximate surface area is 324 Å². The minimum atomic E-state index is 1.09. The number of nitrogens with zero attached hydrogens (tertiary/aromatic N) is 4. The van der Waals surface area contributed by atoms with Crippen molar-refractivity contribution < 1.29 is 0 Å². The predicted molar refractivity (Wildman–Crippen MR) is 237 cm³/mol. The Bertz CT molecular complexity index is 1430. The zero-order chi connectivity index (χ0) is 37.7. The number of anilines is 8. The van der Waals surface area contributed by atoms with Crippen molar-refractivity contribution in [3.05, 3.63) is 97.1 Å². The van der Waals surface area contributed by atoms with Crippen LogP contribution in [0.5, 0.6) is 0 Å². The van der Waals surface area contributed by atoms with Crippen LogP contribution in [0, 0.1) is 0 Å². The van der Waals surface area contributed by atoms with Gasteiger partial charge in [-0.2, -0.15) is 0 Å². The van der Waals surface area contributed by atoms with Gasteiger partial charge in [-0.3, -0.25) is 0 Å². The quantitative estimate of drug-likeness (QED) is 0.0697. The molecule has 5 nitrogen and oxygen atoms in total. The van der Waals surface area contributed by atoms with Gasteiger partial charge in [0, 0.05) is 84.8 Å². The molecule has 0 radical (unpaired) electrons. The van der Waals surface area contributed by atoms with Crippen LogP contribution in [0.15, 0.2) is 97.1 Å². The molecule has 4 aromatic rings. The van der Waals surface area contributed by atoms with E-state index in [0.29, 0.717) is 0 Å². The van der Waals surface area contributed by atoms with Gasteiger partial charge in [0.15, 0.2) is 0 Å². The second-order valence-electron chi connectivity index (χ2n) is 14.7. The zero-order valence-electron chi connectivity index (χ0n) is 34.3. The summed E-state index contributed by atoms with van der Waals surface area (Å²) >= 11 is 0. The molecular formula is C48H71N5. The Morgan fingerprint density at radius 3 is 0.755 bits per heavy atom. The Morgan fingerprint density at radius 2 is 0.509 bits per heavy atom. The van der Waals surface area contributed by atoms with Gasteiger partial charge in [-0.25, -0.2) is 0 Å². The fourth-order valence-electron chi connectivity index (χ4n) is 6.89. The first-order valence-electron chi connectivity index (χ1n) is 21.3. The third kappa shape index (κ3) is 13.1. The minimum absolute atomic E-state index is 1.09. The monoisotopic (exact) mass is 718 g/mol. The predicted octanol–water partition coefficient (Wildman–Crippen LogP) is 14.1. The van der Waals surface area contributed by atoms with Crippen LogP contribution in [0.2, 0.25) is 0 Å². The third-order valence-electron chi connectivity index (χ3n) is 10.3. The summed E-state index contributed by atoms with van der Waals surface area (Å²) in [6.07, 6.45) is 14.6. The van der Waals surface area contributed by atoms with E-state index in [1.165, 1.54) is 105 Å². The maximum absolute atomic E-state index is 3.66. The van der Waals surface area contributed by atoms with Crippen molar-refractivity contribution in [3.8, 4) is 0 Å². The van der Waals surface area contributed by atoms with Crippen molar-refractivity contribution in [2.75, 3.05) is 64.2 Å². The lowest BCUT2D eigenvalue weighted by atomic mass is 10.1. The summed E-state index contributed by atoms with van der Waals surface area (Å²) in [6, 6.07) is 36.4. The highest BCUT2D eigenvalue weighted by Gasteiger charge is 2.16. The summed E-state index contributed by atoms with van der Waals surface area (Å²) in [5.74, 6) is 0. The molecule has 4 rings (SSSR count). The summed E-state index contributed by atoms with van der Waals surface area (Å²) in [5, 5.41) is 3.66.